The minimum atomic E-state index is 0.0473. The molecule has 0 N–H and O–H groups in total. The monoisotopic (exact) mass is 841 g/mol. The van der Waals surface area contributed by atoms with E-state index in [1.807, 2.05) is 0 Å². The van der Waals surface area contributed by atoms with Gasteiger partial charge in [-0.15, -0.1) is 0 Å². The normalized spacial score (nSPS) is 13.8. The number of furan rings is 1. The molecular formula is C62H39N3O. The second kappa shape index (κ2) is 14.5. The smallest absolute Gasteiger partial charge is 0.164 e. The summed E-state index contributed by atoms with van der Waals surface area (Å²) in [7, 11) is 0. The Kier molecular flexibility index (Phi) is 8.14. The van der Waals surface area contributed by atoms with Gasteiger partial charge in [0.25, 0.3) is 0 Å². The second-order valence-electron chi connectivity index (χ2n) is 17.8. The van der Waals surface area contributed by atoms with E-state index in [-0.39, 0.29) is 5.92 Å². The van der Waals surface area contributed by atoms with Crippen LogP contribution in [0.2, 0.25) is 0 Å². The largest absolute Gasteiger partial charge is 0.456 e. The maximum absolute atomic E-state index is 6.90. The molecule has 0 radical (unpaired) electrons. The topological polar surface area (TPSA) is 51.8 Å². The third-order valence-corrected chi connectivity index (χ3v) is 14.1. The third-order valence-electron chi connectivity index (χ3n) is 14.1. The van der Waals surface area contributed by atoms with Crippen LogP contribution in [0.1, 0.15) is 29.0 Å². The molecule has 2 aromatic heterocycles. The van der Waals surface area contributed by atoms with Crippen molar-refractivity contribution in [3.05, 3.63) is 223 Å². The highest BCUT2D eigenvalue weighted by Gasteiger charge is 2.28. The molecule has 0 unspecified atom stereocenters. The van der Waals surface area contributed by atoms with E-state index >= 15 is 0 Å². The number of benzene rings is 11. The molecule has 0 spiro atoms. The Hall–Kier alpha value is -8.47. The molecule has 13 aromatic rings. The summed E-state index contributed by atoms with van der Waals surface area (Å²) in [5.41, 5.74) is 11.0. The van der Waals surface area contributed by atoms with Crippen molar-refractivity contribution in [1.29, 1.82) is 0 Å². The summed E-state index contributed by atoms with van der Waals surface area (Å²) in [6, 6.07) is 74.5. The van der Waals surface area contributed by atoms with Crippen molar-refractivity contribution in [2.75, 3.05) is 0 Å². The predicted molar refractivity (Wildman–Crippen MR) is 273 cm³/mol. The van der Waals surface area contributed by atoms with Crippen molar-refractivity contribution in [3.8, 4) is 45.3 Å². The quantitative estimate of drug-likeness (QED) is 0.166. The maximum Gasteiger partial charge on any atom is 0.164 e. The zero-order valence-corrected chi connectivity index (χ0v) is 35.9. The molecule has 1 aliphatic carbocycles. The second-order valence-corrected chi connectivity index (χ2v) is 17.8. The Balaban J connectivity index is 0.995. The highest BCUT2D eigenvalue weighted by atomic mass is 16.3. The molecule has 14 rings (SSSR count). The summed E-state index contributed by atoms with van der Waals surface area (Å²) in [6.45, 7) is 0. The first-order chi connectivity index (χ1) is 32.7. The highest BCUT2D eigenvalue weighted by molar-refractivity contribution is 6.10. The first kappa shape index (κ1) is 37.0. The van der Waals surface area contributed by atoms with E-state index in [4.69, 9.17) is 19.4 Å². The molecule has 4 heteroatoms. The summed E-state index contributed by atoms with van der Waals surface area (Å²) in [5.74, 6) is 1.93. The first-order valence-electron chi connectivity index (χ1n) is 22.8. The molecule has 0 fully saturated rings. The summed E-state index contributed by atoms with van der Waals surface area (Å²) in [6.07, 6.45) is 1.85. The van der Waals surface area contributed by atoms with E-state index in [2.05, 4.69) is 206 Å². The van der Waals surface area contributed by atoms with Gasteiger partial charge < -0.3 is 4.42 Å². The van der Waals surface area contributed by atoms with Crippen molar-refractivity contribution in [1.82, 2.24) is 15.0 Å². The fourth-order valence-electron chi connectivity index (χ4n) is 10.9. The molecule has 0 bridgehead atoms. The summed E-state index contributed by atoms with van der Waals surface area (Å²) >= 11 is 0. The molecule has 66 heavy (non-hydrogen) atoms. The van der Waals surface area contributed by atoms with Crippen molar-refractivity contribution in [2.45, 2.75) is 18.8 Å². The highest BCUT2D eigenvalue weighted by Crippen LogP contribution is 2.47. The van der Waals surface area contributed by atoms with Gasteiger partial charge >= 0.3 is 0 Å². The number of aryl methyl sites for hydroxylation is 1. The van der Waals surface area contributed by atoms with Gasteiger partial charge in [-0.2, -0.15) is 0 Å². The van der Waals surface area contributed by atoms with Crippen LogP contribution >= 0.6 is 0 Å². The standard InChI is InChI=1S/C62H39N3O/c1-2-14-40-34-55-43(31-39(40)13-1)25-30-53(51-17-7-8-18-52(51)55)56-35-46(36-57-54-19-9-10-20-58(54)66-59(56)57)62-64-60(44-26-28-49-41(32-44)23-21-37-11-3-5-15-47(37)49)63-61(65-62)45-27-29-50-42(33-45)24-22-38-12-4-6-16-48(38)50/h1-24,26-29,31-36,53H,25,30H2/t53-/m1/s1. The SMILES string of the molecule is c1ccc2c(c1)-c1cc3ccccc3cc1CC[C@H]2c1cc(-c2nc(-c3ccc4c(ccc5ccccc54)c3)nc(-c3ccc4c(ccc5ccccc54)c3)n2)cc2c1oc1ccccc12. The van der Waals surface area contributed by atoms with Gasteiger partial charge in [0, 0.05) is 38.9 Å². The average molecular weight is 842 g/mol. The summed E-state index contributed by atoms with van der Waals surface area (Å²) < 4.78 is 6.90. The van der Waals surface area contributed by atoms with Gasteiger partial charge in [0.1, 0.15) is 11.2 Å². The average Bonchev–Trinajstić information content (AvgIpc) is 3.69. The number of hydrogen-bond acceptors (Lipinski definition) is 4. The molecule has 308 valence electrons. The fraction of sp³-hybridized carbons (Fsp3) is 0.0484. The Morgan fingerprint density at radius 1 is 0.348 bits per heavy atom. The molecule has 4 nitrogen and oxygen atoms in total. The van der Waals surface area contributed by atoms with E-state index in [1.165, 1.54) is 65.3 Å². The van der Waals surface area contributed by atoms with Crippen LogP contribution in [0.15, 0.2) is 211 Å². The van der Waals surface area contributed by atoms with Gasteiger partial charge in [-0.25, -0.2) is 15.0 Å². The molecule has 0 aliphatic heterocycles. The number of fused-ring (bicyclic) bond motifs is 13. The van der Waals surface area contributed by atoms with Crippen LogP contribution in [0.4, 0.5) is 0 Å². The van der Waals surface area contributed by atoms with Gasteiger partial charge in [-0.05, 0) is 125 Å². The number of aromatic nitrogens is 3. The van der Waals surface area contributed by atoms with Crippen molar-refractivity contribution >= 4 is 75.8 Å². The molecule has 1 aliphatic rings. The van der Waals surface area contributed by atoms with Crippen LogP contribution in [0.5, 0.6) is 0 Å². The Morgan fingerprint density at radius 3 is 1.56 bits per heavy atom. The van der Waals surface area contributed by atoms with Crippen molar-refractivity contribution < 1.29 is 4.42 Å². The van der Waals surface area contributed by atoms with Gasteiger partial charge in [-0.3, -0.25) is 0 Å². The minimum absolute atomic E-state index is 0.0473. The number of hydrogen-bond donors (Lipinski definition) is 0. The maximum atomic E-state index is 6.90. The molecule has 1 atom stereocenters. The Morgan fingerprint density at radius 2 is 0.879 bits per heavy atom. The van der Waals surface area contributed by atoms with Crippen molar-refractivity contribution in [3.63, 3.8) is 0 Å². The van der Waals surface area contributed by atoms with Crippen LogP contribution in [0, 0.1) is 0 Å². The molecule has 0 amide bonds. The lowest BCUT2D eigenvalue weighted by molar-refractivity contribution is 0.647. The zero-order valence-electron chi connectivity index (χ0n) is 35.9. The third kappa shape index (κ3) is 5.88. The molecular weight excluding hydrogens is 803 g/mol. The van der Waals surface area contributed by atoms with E-state index in [1.54, 1.807) is 0 Å². The van der Waals surface area contributed by atoms with Gasteiger partial charge in [0.15, 0.2) is 17.5 Å². The van der Waals surface area contributed by atoms with Crippen molar-refractivity contribution in [2.24, 2.45) is 0 Å². The molecule has 0 saturated carbocycles. The Bertz CT molecular complexity index is 4010. The first-order valence-corrected chi connectivity index (χ1v) is 22.8. The van der Waals surface area contributed by atoms with Gasteiger partial charge in [0.2, 0.25) is 0 Å². The van der Waals surface area contributed by atoms with E-state index in [9.17, 15) is 0 Å². The van der Waals surface area contributed by atoms with Crippen LogP contribution < -0.4 is 0 Å². The minimum Gasteiger partial charge on any atom is -0.456 e. The lowest BCUT2D eigenvalue weighted by atomic mass is 9.84. The number of nitrogens with zero attached hydrogens (tertiary/aromatic N) is 3. The predicted octanol–water partition coefficient (Wildman–Crippen LogP) is 16.3. The van der Waals surface area contributed by atoms with E-state index in [0.29, 0.717) is 17.5 Å². The fourth-order valence-corrected chi connectivity index (χ4v) is 10.9. The molecule has 0 saturated heterocycles. The Labute approximate surface area is 380 Å². The molecule has 2 heterocycles. The lowest BCUT2D eigenvalue weighted by Crippen LogP contribution is -2.05. The number of para-hydroxylation sites is 1. The lowest BCUT2D eigenvalue weighted by Gasteiger charge is -2.20. The molecule has 11 aromatic carbocycles. The zero-order chi connectivity index (χ0) is 43.3. The van der Waals surface area contributed by atoms with E-state index in [0.717, 1.165) is 67.8 Å². The summed E-state index contributed by atoms with van der Waals surface area (Å²) in [5, 5.41) is 14.2. The van der Waals surface area contributed by atoms with Crippen LogP contribution in [0.3, 0.4) is 0 Å². The van der Waals surface area contributed by atoms with Gasteiger partial charge in [-0.1, -0.05) is 170 Å². The van der Waals surface area contributed by atoms with Crippen LogP contribution in [-0.4, -0.2) is 15.0 Å². The van der Waals surface area contributed by atoms with Crippen LogP contribution in [0.25, 0.3) is 121 Å². The van der Waals surface area contributed by atoms with E-state index < -0.39 is 0 Å². The van der Waals surface area contributed by atoms with Crippen LogP contribution in [-0.2, 0) is 6.42 Å². The van der Waals surface area contributed by atoms with Gasteiger partial charge in [0.05, 0.1) is 0 Å². The number of rotatable bonds is 4. The summed E-state index contributed by atoms with van der Waals surface area (Å²) in [4.78, 5) is 16.1.